The highest BCUT2D eigenvalue weighted by atomic mass is 16.3. The molecule has 1 aromatic rings. The minimum Gasteiger partial charge on any atom is -0.395 e. The number of amides is 2. The highest BCUT2D eigenvalue weighted by molar-refractivity contribution is 5.75. The first kappa shape index (κ1) is 14.9. The van der Waals surface area contributed by atoms with Crippen molar-refractivity contribution >= 4 is 6.03 Å². The largest absolute Gasteiger partial charge is 0.395 e. The Bertz CT molecular complexity index is 483. The number of aryl methyl sites for hydroxylation is 1. The first-order valence-corrected chi connectivity index (χ1v) is 7.28. The van der Waals surface area contributed by atoms with Gasteiger partial charge in [-0.05, 0) is 50.3 Å². The van der Waals surface area contributed by atoms with Gasteiger partial charge in [-0.15, -0.1) is 0 Å². The molecule has 0 aliphatic heterocycles. The normalized spacial score (nSPS) is 15.8. The number of hydrogen-bond acceptors (Lipinski definition) is 2. The van der Waals surface area contributed by atoms with Gasteiger partial charge in [0.2, 0.25) is 0 Å². The summed E-state index contributed by atoms with van der Waals surface area (Å²) in [6.07, 6.45) is 2.09. The molecule has 1 atom stereocenters. The molecule has 2 rings (SSSR count). The minimum atomic E-state index is -0.0741. The standard InChI is InChI=1S/C16H24N2O2/c1-11-5-4-6-15(12(11)2)13(3)17-16(20)18(9-10-19)14-7-8-14/h4-6,13-14,19H,7-10H2,1-3H3,(H,17,20). The van der Waals surface area contributed by atoms with E-state index >= 15 is 0 Å². The average Bonchev–Trinajstić information content (AvgIpc) is 3.23. The van der Waals surface area contributed by atoms with Crippen molar-refractivity contribution in [2.24, 2.45) is 0 Å². The fourth-order valence-corrected chi connectivity index (χ4v) is 2.53. The summed E-state index contributed by atoms with van der Waals surface area (Å²) in [5, 5.41) is 12.1. The van der Waals surface area contributed by atoms with Crippen molar-refractivity contribution in [1.82, 2.24) is 10.2 Å². The summed E-state index contributed by atoms with van der Waals surface area (Å²) in [4.78, 5) is 14.0. The zero-order chi connectivity index (χ0) is 14.7. The molecule has 0 aromatic heterocycles. The Balaban J connectivity index is 2.04. The van der Waals surface area contributed by atoms with Crippen LogP contribution in [0.1, 0.15) is 42.5 Å². The van der Waals surface area contributed by atoms with Crippen LogP contribution in [0.5, 0.6) is 0 Å². The summed E-state index contributed by atoms with van der Waals surface area (Å²) in [5.74, 6) is 0. The van der Waals surface area contributed by atoms with Gasteiger partial charge in [0.05, 0.1) is 12.6 Å². The van der Waals surface area contributed by atoms with Gasteiger partial charge in [0.15, 0.2) is 0 Å². The number of nitrogens with one attached hydrogen (secondary N) is 1. The van der Waals surface area contributed by atoms with Gasteiger partial charge < -0.3 is 15.3 Å². The number of rotatable bonds is 5. The lowest BCUT2D eigenvalue weighted by atomic mass is 9.98. The molecule has 4 nitrogen and oxygen atoms in total. The van der Waals surface area contributed by atoms with Crippen LogP contribution in [0.2, 0.25) is 0 Å². The van der Waals surface area contributed by atoms with E-state index in [0.717, 1.165) is 18.4 Å². The number of benzene rings is 1. The van der Waals surface area contributed by atoms with E-state index in [9.17, 15) is 4.79 Å². The third-order valence-electron chi connectivity index (χ3n) is 4.04. The number of aliphatic hydroxyl groups is 1. The maximum Gasteiger partial charge on any atom is 0.318 e. The Labute approximate surface area is 120 Å². The molecule has 1 unspecified atom stereocenters. The van der Waals surface area contributed by atoms with Crippen LogP contribution in [0.25, 0.3) is 0 Å². The summed E-state index contributed by atoms with van der Waals surface area (Å²) >= 11 is 0. The number of urea groups is 1. The molecule has 4 heteroatoms. The maximum absolute atomic E-state index is 12.3. The van der Waals surface area contributed by atoms with Crippen LogP contribution >= 0.6 is 0 Å². The molecule has 1 aliphatic carbocycles. The SMILES string of the molecule is Cc1cccc(C(C)NC(=O)N(CCO)C2CC2)c1C. The molecular formula is C16H24N2O2. The molecule has 0 radical (unpaired) electrons. The van der Waals surface area contributed by atoms with Crippen LogP contribution in [-0.4, -0.2) is 35.2 Å². The van der Waals surface area contributed by atoms with Crippen molar-refractivity contribution in [1.29, 1.82) is 0 Å². The predicted molar refractivity (Wildman–Crippen MR) is 79.7 cm³/mol. The lowest BCUT2D eigenvalue weighted by Gasteiger charge is -2.25. The highest BCUT2D eigenvalue weighted by Gasteiger charge is 2.32. The molecule has 2 N–H and O–H groups in total. The molecule has 1 aromatic carbocycles. The van der Waals surface area contributed by atoms with Crippen molar-refractivity contribution in [2.45, 2.75) is 45.7 Å². The molecule has 1 aliphatic rings. The third-order valence-corrected chi connectivity index (χ3v) is 4.04. The molecule has 0 saturated heterocycles. The molecule has 20 heavy (non-hydrogen) atoms. The molecule has 0 heterocycles. The first-order chi connectivity index (χ1) is 9.54. The summed E-state index contributed by atoms with van der Waals surface area (Å²) in [6.45, 7) is 6.59. The molecule has 0 spiro atoms. The van der Waals surface area contributed by atoms with Gasteiger partial charge in [-0.1, -0.05) is 18.2 Å². The summed E-state index contributed by atoms with van der Waals surface area (Å²) < 4.78 is 0. The molecular weight excluding hydrogens is 252 g/mol. The number of carbonyl (C=O) groups excluding carboxylic acids is 1. The van der Waals surface area contributed by atoms with Crippen LogP contribution in [0.15, 0.2) is 18.2 Å². The van der Waals surface area contributed by atoms with Gasteiger partial charge in [-0.2, -0.15) is 0 Å². The second kappa shape index (κ2) is 6.27. The van der Waals surface area contributed by atoms with E-state index in [1.165, 1.54) is 11.1 Å². The van der Waals surface area contributed by atoms with E-state index in [4.69, 9.17) is 5.11 Å². The topological polar surface area (TPSA) is 52.6 Å². The fourth-order valence-electron chi connectivity index (χ4n) is 2.53. The van der Waals surface area contributed by atoms with E-state index in [1.54, 1.807) is 4.90 Å². The number of carbonyl (C=O) groups is 1. The van der Waals surface area contributed by atoms with Gasteiger partial charge in [0.25, 0.3) is 0 Å². The zero-order valence-electron chi connectivity index (χ0n) is 12.5. The Morgan fingerprint density at radius 3 is 2.75 bits per heavy atom. The Morgan fingerprint density at radius 2 is 2.15 bits per heavy atom. The van der Waals surface area contributed by atoms with E-state index < -0.39 is 0 Å². The minimum absolute atomic E-state index is 0.0156. The summed E-state index contributed by atoms with van der Waals surface area (Å²) in [7, 11) is 0. The lowest BCUT2D eigenvalue weighted by molar-refractivity contribution is 0.171. The smallest absolute Gasteiger partial charge is 0.318 e. The first-order valence-electron chi connectivity index (χ1n) is 7.28. The van der Waals surface area contributed by atoms with E-state index in [0.29, 0.717) is 12.6 Å². The Morgan fingerprint density at radius 1 is 1.45 bits per heavy atom. The number of nitrogens with zero attached hydrogens (tertiary/aromatic N) is 1. The van der Waals surface area contributed by atoms with Crippen LogP contribution in [0, 0.1) is 13.8 Å². The van der Waals surface area contributed by atoms with Crippen LogP contribution in [0.4, 0.5) is 4.79 Å². The number of hydrogen-bond donors (Lipinski definition) is 2. The highest BCUT2D eigenvalue weighted by Crippen LogP contribution is 2.27. The quantitative estimate of drug-likeness (QED) is 0.868. The van der Waals surface area contributed by atoms with Crippen molar-refractivity contribution in [3.8, 4) is 0 Å². The molecule has 1 fully saturated rings. The summed E-state index contributed by atoms with van der Waals surface area (Å²) in [5.41, 5.74) is 3.61. The van der Waals surface area contributed by atoms with Gasteiger partial charge in [0.1, 0.15) is 0 Å². The second-order valence-electron chi connectivity index (χ2n) is 5.61. The Kier molecular flexibility index (Phi) is 4.65. The van der Waals surface area contributed by atoms with Crippen molar-refractivity contribution in [2.75, 3.05) is 13.2 Å². The third kappa shape index (κ3) is 3.31. The van der Waals surface area contributed by atoms with E-state index in [1.807, 2.05) is 13.0 Å². The predicted octanol–water partition coefficient (Wildman–Crippen LogP) is 2.53. The van der Waals surface area contributed by atoms with Crippen molar-refractivity contribution in [3.63, 3.8) is 0 Å². The van der Waals surface area contributed by atoms with Gasteiger partial charge in [0, 0.05) is 12.6 Å². The van der Waals surface area contributed by atoms with E-state index in [2.05, 4.69) is 31.3 Å². The van der Waals surface area contributed by atoms with Crippen LogP contribution < -0.4 is 5.32 Å². The molecule has 2 amide bonds. The molecule has 0 bridgehead atoms. The average molecular weight is 276 g/mol. The molecule has 1 saturated carbocycles. The lowest BCUT2D eigenvalue weighted by Crippen LogP contribution is -2.43. The Hall–Kier alpha value is -1.55. The number of aliphatic hydroxyl groups excluding tert-OH is 1. The molecule has 110 valence electrons. The van der Waals surface area contributed by atoms with Crippen LogP contribution in [0.3, 0.4) is 0 Å². The van der Waals surface area contributed by atoms with Gasteiger partial charge >= 0.3 is 6.03 Å². The van der Waals surface area contributed by atoms with Gasteiger partial charge in [-0.25, -0.2) is 4.79 Å². The maximum atomic E-state index is 12.3. The van der Waals surface area contributed by atoms with Gasteiger partial charge in [-0.3, -0.25) is 0 Å². The zero-order valence-corrected chi connectivity index (χ0v) is 12.5. The van der Waals surface area contributed by atoms with Crippen LogP contribution in [-0.2, 0) is 0 Å². The van der Waals surface area contributed by atoms with E-state index in [-0.39, 0.29) is 18.7 Å². The monoisotopic (exact) mass is 276 g/mol. The van der Waals surface area contributed by atoms with Crippen molar-refractivity contribution in [3.05, 3.63) is 34.9 Å². The van der Waals surface area contributed by atoms with Crippen molar-refractivity contribution < 1.29 is 9.90 Å². The fraction of sp³-hybridized carbons (Fsp3) is 0.562. The second-order valence-corrected chi connectivity index (χ2v) is 5.61. The summed E-state index contributed by atoms with van der Waals surface area (Å²) in [6, 6.07) is 6.37.